The third-order valence-electron chi connectivity index (χ3n) is 2.89. The van der Waals surface area contributed by atoms with Gasteiger partial charge in [0, 0.05) is 17.6 Å². The molecule has 1 heterocycles. The van der Waals surface area contributed by atoms with E-state index in [1.807, 2.05) is 13.8 Å². The van der Waals surface area contributed by atoms with E-state index in [4.69, 9.17) is 5.73 Å². The number of nitrogens with zero attached hydrogens (tertiary/aromatic N) is 3. The molecular formula is C14H18FN5O. The smallest absolute Gasteiger partial charge is 0.224 e. The zero-order valence-electron chi connectivity index (χ0n) is 12.0. The number of halogens is 1. The van der Waals surface area contributed by atoms with Crippen molar-refractivity contribution in [3.8, 4) is 5.69 Å². The Balaban J connectivity index is 2.02. The van der Waals surface area contributed by atoms with Crippen molar-refractivity contribution >= 4 is 11.6 Å². The number of benzene rings is 1. The second-order valence-electron chi connectivity index (χ2n) is 5.54. The highest BCUT2D eigenvalue weighted by Crippen LogP contribution is 2.18. The Bertz CT molecular complexity index is 619. The molecule has 3 N–H and O–H groups in total. The highest BCUT2D eigenvalue weighted by atomic mass is 19.1. The SMILES string of the molecule is CC(C)(N)CCC(=O)Nc1ccc(-n2cncn2)c(F)c1. The molecule has 1 aromatic heterocycles. The van der Waals surface area contributed by atoms with Gasteiger partial charge in [-0.1, -0.05) is 0 Å². The van der Waals surface area contributed by atoms with Gasteiger partial charge in [0.1, 0.15) is 18.3 Å². The summed E-state index contributed by atoms with van der Waals surface area (Å²) in [6.07, 6.45) is 3.57. The lowest BCUT2D eigenvalue weighted by Crippen LogP contribution is -2.33. The van der Waals surface area contributed by atoms with Crippen LogP contribution in [0.25, 0.3) is 5.69 Å². The molecule has 0 saturated carbocycles. The summed E-state index contributed by atoms with van der Waals surface area (Å²) in [5, 5.41) is 6.51. The number of hydrogen-bond acceptors (Lipinski definition) is 4. The molecule has 21 heavy (non-hydrogen) atoms. The number of aromatic nitrogens is 3. The van der Waals surface area contributed by atoms with E-state index in [2.05, 4.69) is 15.4 Å². The Labute approximate surface area is 122 Å². The predicted molar refractivity (Wildman–Crippen MR) is 77.4 cm³/mol. The van der Waals surface area contributed by atoms with Crippen LogP contribution >= 0.6 is 0 Å². The summed E-state index contributed by atoms with van der Waals surface area (Å²) in [6, 6.07) is 4.40. The van der Waals surface area contributed by atoms with Crippen LogP contribution in [0, 0.1) is 5.82 Å². The maximum Gasteiger partial charge on any atom is 0.224 e. The van der Waals surface area contributed by atoms with E-state index in [0.29, 0.717) is 12.1 Å². The first-order chi connectivity index (χ1) is 9.85. The van der Waals surface area contributed by atoms with Gasteiger partial charge in [-0.15, -0.1) is 0 Å². The molecular weight excluding hydrogens is 273 g/mol. The molecule has 0 fully saturated rings. The highest BCUT2D eigenvalue weighted by molar-refractivity contribution is 5.90. The number of carbonyl (C=O) groups is 1. The molecule has 112 valence electrons. The lowest BCUT2D eigenvalue weighted by atomic mass is 10.00. The van der Waals surface area contributed by atoms with Gasteiger partial charge in [0.15, 0.2) is 5.82 Å². The first-order valence-corrected chi connectivity index (χ1v) is 6.58. The zero-order chi connectivity index (χ0) is 15.5. The Morgan fingerprint density at radius 2 is 2.24 bits per heavy atom. The average molecular weight is 291 g/mol. The summed E-state index contributed by atoms with van der Waals surface area (Å²) in [7, 11) is 0. The van der Waals surface area contributed by atoms with Crippen molar-refractivity contribution in [3.63, 3.8) is 0 Å². The number of nitrogens with one attached hydrogen (secondary N) is 1. The van der Waals surface area contributed by atoms with Crippen molar-refractivity contribution in [2.24, 2.45) is 5.73 Å². The van der Waals surface area contributed by atoms with Crippen LogP contribution < -0.4 is 11.1 Å². The standard InChI is InChI=1S/C14H18FN5O/c1-14(2,16)6-5-13(21)19-10-3-4-12(11(15)7-10)20-9-17-8-18-20/h3-4,7-9H,5-6,16H2,1-2H3,(H,19,21). The second kappa shape index (κ2) is 6.01. The molecule has 1 amide bonds. The fraction of sp³-hybridized carbons (Fsp3) is 0.357. The quantitative estimate of drug-likeness (QED) is 0.880. The first-order valence-electron chi connectivity index (χ1n) is 6.58. The number of rotatable bonds is 5. The van der Waals surface area contributed by atoms with E-state index < -0.39 is 11.4 Å². The van der Waals surface area contributed by atoms with Crippen molar-refractivity contribution < 1.29 is 9.18 Å². The van der Waals surface area contributed by atoms with E-state index in [1.165, 1.54) is 29.5 Å². The van der Waals surface area contributed by atoms with Crippen LogP contribution in [0.15, 0.2) is 30.9 Å². The van der Waals surface area contributed by atoms with E-state index in [-0.39, 0.29) is 18.0 Å². The van der Waals surface area contributed by atoms with E-state index in [0.717, 1.165) is 0 Å². The van der Waals surface area contributed by atoms with Gasteiger partial charge in [-0.3, -0.25) is 4.79 Å². The lowest BCUT2D eigenvalue weighted by Gasteiger charge is -2.17. The predicted octanol–water partition coefficient (Wildman–Crippen LogP) is 1.86. The molecule has 0 saturated heterocycles. The van der Waals surface area contributed by atoms with Gasteiger partial charge in [0.25, 0.3) is 0 Å². The summed E-state index contributed by atoms with van der Waals surface area (Å²) >= 11 is 0. The van der Waals surface area contributed by atoms with Gasteiger partial charge >= 0.3 is 0 Å². The molecule has 0 aliphatic heterocycles. The van der Waals surface area contributed by atoms with Crippen LogP contribution in [-0.4, -0.2) is 26.2 Å². The van der Waals surface area contributed by atoms with Crippen LogP contribution in [0.5, 0.6) is 0 Å². The second-order valence-corrected chi connectivity index (χ2v) is 5.54. The van der Waals surface area contributed by atoms with Crippen molar-refractivity contribution in [3.05, 3.63) is 36.7 Å². The fourth-order valence-corrected chi connectivity index (χ4v) is 1.76. The molecule has 0 radical (unpaired) electrons. The maximum absolute atomic E-state index is 14.0. The van der Waals surface area contributed by atoms with Crippen LogP contribution in [-0.2, 0) is 4.79 Å². The largest absolute Gasteiger partial charge is 0.326 e. The number of nitrogens with two attached hydrogens (primary N) is 1. The molecule has 2 aromatic rings. The van der Waals surface area contributed by atoms with E-state index in [9.17, 15) is 9.18 Å². The van der Waals surface area contributed by atoms with Crippen LogP contribution in [0.4, 0.5) is 10.1 Å². The zero-order valence-corrected chi connectivity index (χ0v) is 12.0. The maximum atomic E-state index is 14.0. The normalized spacial score (nSPS) is 11.4. The molecule has 0 bridgehead atoms. The van der Waals surface area contributed by atoms with Crippen molar-refractivity contribution in [1.82, 2.24) is 14.8 Å². The minimum atomic E-state index is -0.488. The molecule has 0 spiro atoms. The van der Waals surface area contributed by atoms with Crippen molar-refractivity contribution in [2.75, 3.05) is 5.32 Å². The Morgan fingerprint density at radius 3 is 2.81 bits per heavy atom. The molecule has 2 rings (SSSR count). The van der Waals surface area contributed by atoms with Crippen LogP contribution in [0.3, 0.4) is 0 Å². The summed E-state index contributed by atoms with van der Waals surface area (Å²) in [6.45, 7) is 3.71. The molecule has 7 heteroatoms. The summed E-state index contributed by atoms with van der Waals surface area (Å²) in [4.78, 5) is 15.5. The number of hydrogen-bond donors (Lipinski definition) is 2. The molecule has 0 unspecified atom stereocenters. The van der Waals surface area contributed by atoms with Crippen LogP contribution in [0.1, 0.15) is 26.7 Å². The van der Waals surface area contributed by atoms with Gasteiger partial charge in [0.2, 0.25) is 5.91 Å². The Hall–Kier alpha value is -2.28. The number of amides is 1. The van der Waals surface area contributed by atoms with Gasteiger partial charge < -0.3 is 11.1 Å². The molecule has 0 aliphatic carbocycles. The van der Waals surface area contributed by atoms with E-state index in [1.54, 1.807) is 6.07 Å². The van der Waals surface area contributed by atoms with Crippen molar-refractivity contribution in [1.29, 1.82) is 0 Å². The Kier molecular flexibility index (Phi) is 4.32. The third kappa shape index (κ3) is 4.35. The molecule has 0 atom stereocenters. The average Bonchev–Trinajstić information content (AvgIpc) is 2.89. The minimum Gasteiger partial charge on any atom is -0.326 e. The fourth-order valence-electron chi connectivity index (χ4n) is 1.76. The monoisotopic (exact) mass is 291 g/mol. The van der Waals surface area contributed by atoms with Gasteiger partial charge in [0.05, 0.1) is 0 Å². The van der Waals surface area contributed by atoms with E-state index >= 15 is 0 Å². The number of carbonyl (C=O) groups excluding carboxylic acids is 1. The first kappa shape index (κ1) is 15.1. The van der Waals surface area contributed by atoms with Gasteiger partial charge in [-0.2, -0.15) is 5.10 Å². The highest BCUT2D eigenvalue weighted by Gasteiger charge is 2.14. The molecule has 0 aliphatic rings. The van der Waals surface area contributed by atoms with Gasteiger partial charge in [-0.05, 0) is 38.5 Å². The van der Waals surface area contributed by atoms with Crippen molar-refractivity contribution in [2.45, 2.75) is 32.2 Å². The third-order valence-corrected chi connectivity index (χ3v) is 2.89. The van der Waals surface area contributed by atoms with Crippen LogP contribution in [0.2, 0.25) is 0 Å². The topological polar surface area (TPSA) is 85.8 Å². The number of anilines is 1. The van der Waals surface area contributed by atoms with Gasteiger partial charge in [-0.25, -0.2) is 14.1 Å². The summed E-state index contributed by atoms with van der Waals surface area (Å²) in [5.41, 5.74) is 6.09. The molecule has 6 nitrogen and oxygen atoms in total. The minimum absolute atomic E-state index is 0.193. The Morgan fingerprint density at radius 1 is 1.48 bits per heavy atom. The summed E-state index contributed by atoms with van der Waals surface area (Å²) < 4.78 is 15.3. The molecule has 1 aromatic carbocycles. The lowest BCUT2D eigenvalue weighted by molar-refractivity contribution is -0.116. The summed E-state index contributed by atoms with van der Waals surface area (Å²) in [5.74, 6) is -0.682.